The molecule has 0 radical (unpaired) electrons. The fourth-order valence-corrected chi connectivity index (χ4v) is 2.05. The molecule has 0 saturated carbocycles. The maximum absolute atomic E-state index is 5.74. The lowest BCUT2D eigenvalue weighted by Crippen LogP contribution is -1.92. The van der Waals surface area contributed by atoms with Gasteiger partial charge in [0.05, 0.1) is 0 Å². The molecule has 2 aromatic heterocycles. The molecule has 5 nitrogen and oxygen atoms in total. The van der Waals surface area contributed by atoms with E-state index in [0.29, 0.717) is 18.1 Å². The molecule has 2 N–H and O–H groups in total. The number of hydrogen-bond acceptors (Lipinski definition) is 5. The first-order valence-electron chi connectivity index (χ1n) is 6.30. The van der Waals surface area contributed by atoms with Gasteiger partial charge >= 0.3 is 0 Å². The van der Waals surface area contributed by atoms with Crippen molar-refractivity contribution in [3.63, 3.8) is 0 Å². The summed E-state index contributed by atoms with van der Waals surface area (Å²) in [5.74, 6) is 1.16. The molecule has 2 heterocycles. The number of nitrogens with zero attached hydrogens (tertiary/aromatic N) is 3. The van der Waals surface area contributed by atoms with Crippen molar-refractivity contribution < 1.29 is 4.52 Å². The van der Waals surface area contributed by atoms with E-state index in [1.807, 2.05) is 37.3 Å². The van der Waals surface area contributed by atoms with Gasteiger partial charge in [-0.3, -0.25) is 4.98 Å². The zero-order valence-corrected chi connectivity index (χ0v) is 11.1. The van der Waals surface area contributed by atoms with E-state index in [1.165, 1.54) is 0 Å². The zero-order chi connectivity index (χ0) is 13.9. The van der Waals surface area contributed by atoms with Gasteiger partial charge in [-0.15, -0.1) is 0 Å². The van der Waals surface area contributed by atoms with Gasteiger partial charge in [-0.25, -0.2) is 0 Å². The Morgan fingerprint density at radius 2 is 2.15 bits per heavy atom. The second-order valence-electron chi connectivity index (χ2n) is 4.63. The smallest absolute Gasteiger partial charge is 0.258 e. The van der Waals surface area contributed by atoms with Crippen molar-refractivity contribution >= 4 is 5.69 Å². The van der Waals surface area contributed by atoms with Crippen LogP contribution in [0.25, 0.3) is 11.5 Å². The highest BCUT2D eigenvalue weighted by Gasteiger charge is 2.11. The monoisotopic (exact) mass is 266 g/mol. The maximum atomic E-state index is 5.74. The van der Waals surface area contributed by atoms with Gasteiger partial charge in [0.2, 0.25) is 0 Å². The standard InChI is InChI=1S/C15H14N4O/c1-10-7-12(16)4-5-13(10)15-18-14(19-20-15)8-11-3-2-6-17-9-11/h2-7,9H,8,16H2,1H3. The lowest BCUT2D eigenvalue weighted by molar-refractivity contribution is 0.423. The van der Waals surface area contributed by atoms with Crippen LogP contribution in [0.4, 0.5) is 5.69 Å². The number of nitrogen functional groups attached to an aromatic ring is 1. The number of pyridine rings is 1. The number of hydrogen-bond donors (Lipinski definition) is 1. The normalized spacial score (nSPS) is 10.7. The van der Waals surface area contributed by atoms with E-state index >= 15 is 0 Å². The number of aromatic nitrogens is 3. The molecule has 3 aromatic rings. The fourth-order valence-electron chi connectivity index (χ4n) is 2.05. The molecule has 0 saturated heterocycles. The Morgan fingerprint density at radius 3 is 2.90 bits per heavy atom. The molecule has 5 heteroatoms. The fraction of sp³-hybridized carbons (Fsp3) is 0.133. The summed E-state index contributed by atoms with van der Waals surface area (Å²) in [7, 11) is 0. The predicted molar refractivity (Wildman–Crippen MR) is 75.9 cm³/mol. The Morgan fingerprint density at radius 1 is 1.25 bits per heavy atom. The van der Waals surface area contributed by atoms with E-state index in [0.717, 1.165) is 22.4 Å². The van der Waals surface area contributed by atoms with E-state index < -0.39 is 0 Å². The van der Waals surface area contributed by atoms with Gasteiger partial charge in [-0.1, -0.05) is 11.2 Å². The van der Waals surface area contributed by atoms with Crippen molar-refractivity contribution in [3.05, 3.63) is 59.7 Å². The molecule has 0 amide bonds. The van der Waals surface area contributed by atoms with Crippen molar-refractivity contribution in [2.24, 2.45) is 0 Å². The number of nitrogens with two attached hydrogens (primary N) is 1. The molecule has 0 bridgehead atoms. The molecule has 0 fully saturated rings. The summed E-state index contributed by atoms with van der Waals surface area (Å²) in [4.78, 5) is 8.49. The van der Waals surface area contributed by atoms with Gasteiger partial charge in [-0.2, -0.15) is 4.98 Å². The number of aryl methyl sites for hydroxylation is 1. The van der Waals surface area contributed by atoms with Crippen LogP contribution in [0.5, 0.6) is 0 Å². The van der Waals surface area contributed by atoms with Crippen LogP contribution in [-0.4, -0.2) is 15.1 Å². The van der Waals surface area contributed by atoms with Gasteiger partial charge in [-0.05, 0) is 42.3 Å². The summed E-state index contributed by atoms with van der Waals surface area (Å²) >= 11 is 0. The molecule has 1 aromatic carbocycles. The Labute approximate surface area is 116 Å². The highest BCUT2D eigenvalue weighted by molar-refractivity contribution is 5.62. The van der Waals surface area contributed by atoms with E-state index in [2.05, 4.69) is 15.1 Å². The van der Waals surface area contributed by atoms with E-state index in [-0.39, 0.29) is 0 Å². The number of benzene rings is 1. The second-order valence-corrected chi connectivity index (χ2v) is 4.63. The summed E-state index contributed by atoms with van der Waals surface area (Å²) in [5, 5.41) is 4.01. The van der Waals surface area contributed by atoms with Crippen molar-refractivity contribution in [1.82, 2.24) is 15.1 Å². The third-order valence-electron chi connectivity index (χ3n) is 3.03. The Balaban J connectivity index is 1.87. The predicted octanol–water partition coefficient (Wildman–Crippen LogP) is 2.61. The lowest BCUT2D eigenvalue weighted by atomic mass is 10.1. The van der Waals surface area contributed by atoms with Crippen LogP contribution in [0.3, 0.4) is 0 Å². The molecular formula is C15H14N4O. The molecule has 0 spiro atoms. The molecule has 20 heavy (non-hydrogen) atoms. The van der Waals surface area contributed by atoms with Crippen molar-refractivity contribution in [2.45, 2.75) is 13.3 Å². The van der Waals surface area contributed by atoms with Gasteiger partial charge in [0.1, 0.15) is 0 Å². The third-order valence-corrected chi connectivity index (χ3v) is 3.03. The average molecular weight is 266 g/mol. The second kappa shape index (κ2) is 5.13. The molecule has 0 aliphatic carbocycles. The minimum absolute atomic E-state index is 0.515. The minimum Gasteiger partial charge on any atom is -0.399 e. The van der Waals surface area contributed by atoms with Crippen molar-refractivity contribution in [2.75, 3.05) is 5.73 Å². The molecule has 0 atom stereocenters. The van der Waals surface area contributed by atoms with Crippen molar-refractivity contribution in [1.29, 1.82) is 0 Å². The Kier molecular flexibility index (Phi) is 3.16. The van der Waals surface area contributed by atoms with E-state index in [1.54, 1.807) is 12.4 Å². The van der Waals surface area contributed by atoms with Crippen LogP contribution in [0.1, 0.15) is 17.0 Å². The summed E-state index contributed by atoms with van der Waals surface area (Å²) in [6.07, 6.45) is 4.14. The highest BCUT2D eigenvalue weighted by atomic mass is 16.5. The highest BCUT2D eigenvalue weighted by Crippen LogP contribution is 2.23. The van der Waals surface area contributed by atoms with E-state index in [9.17, 15) is 0 Å². The molecule has 0 aliphatic rings. The number of anilines is 1. The van der Waals surface area contributed by atoms with E-state index in [4.69, 9.17) is 10.3 Å². The maximum Gasteiger partial charge on any atom is 0.258 e. The topological polar surface area (TPSA) is 77.8 Å². The molecular weight excluding hydrogens is 252 g/mol. The SMILES string of the molecule is Cc1cc(N)ccc1-c1nc(Cc2cccnc2)no1. The van der Waals surface area contributed by atoms with Crippen LogP contribution in [0, 0.1) is 6.92 Å². The third kappa shape index (κ3) is 2.51. The first-order valence-corrected chi connectivity index (χ1v) is 6.30. The molecule has 3 rings (SSSR count). The van der Waals surface area contributed by atoms with Gasteiger partial charge in [0.25, 0.3) is 5.89 Å². The van der Waals surface area contributed by atoms with Crippen LogP contribution >= 0.6 is 0 Å². The number of rotatable bonds is 3. The van der Waals surface area contributed by atoms with Crippen molar-refractivity contribution in [3.8, 4) is 11.5 Å². The summed E-state index contributed by atoms with van der Waals surface area (Å²) in [5.41, 5.74) is 9.43. The van der Waals surface area contributed by atoms with Crippen LogP contribution in [0.15, 0.2) is 47.2 Å². The minimum atomic E-state index is 0.515. The molecule has 0 unspecified atom stereocenters. The average Bonchev–Trinajstić information content (AvgIpc) is 2.88. The lowest BCUT2D eigenvalue weighted by Gasteiger charge is -2.01. The molecule has 100 valence electrons. The first-order chi connectivity index (χ1) is 9.72. The Bertz CT molecular complexity index is 722. The Hall–Kier alpha value is -2.69. The van der Waals surface area contributed by atoms with Crippen LogP contribution < -0.4 is 5.73 Å². The zero-order valence-electron chi connectivity index (χ0n) is 11.1. The molecule has 0 aliphatic heterocycles. The summed E-state index contributed by atoms with van der Waals surface area (Å²) < 4.78 is 5.32. The van der Waals surface area contributed by atoms with Gasteiger partial charge in [0, 0.05) is 30.1 Å². The van der Waals surface area contributed by atoms with Crippen LogP contribution in [0.2, 0.25) is 0 Å². The summed E-state index contributed by atoms with van der Waals surface area (Å²) in [6.45, 7) is 1.97. The van der Waals surface area contributed by atoms with Gasteiger partial charge in [0.15, 0.2) is 5.82 Å². The quantitative estimate of drug-likeness (QED) is 0.737. The first kappa shape index (κ1) is 12.3. The van der Waals surface area contributed by atoms with Crippen LogP contribution in [-0.2, 0) is 6.42 Å². The van der Waals surface area contributed by atoms with Gasteiger partial charge < -0.3 is 10.3 Å². The largest absolute Gasteiger partial charge is 0.399 e. The summed E-state index contributed by atoms with van der Waals surface area (Å²) in [6, 6.07) is 9.48.